The smallest absolute Gasteiger partial charge is 0.205 e. The number of aromatic nitrogens is 1. The van der Waals surface area contributed by atoms with E-state index in [4.69, 9.17) is 10.5 Å². The van der Waals surface area contributed by atoms with E-state index in [-0.39, 0.29) is 12.4 Å². The third kappa shape index (κ3) is 4.98. The largest absolute Gasteiger partial charge is 0.489 e. The van der Waals surface area contributed by atoms with E-state index in [9.17, 15) is 8.78 Å². The fourth-order valence-electron chi connectivity index (χ4n) is 2.04. The molecule has 0 amide bonds. The van der Waals surface area contributed by atoms with E-state index < -0.39 is 11.6 Å². The second-order valence-electron chi connectivity index (χ2n) is 5.09. The van der Waals surface area contributed by atoms with Gasteiger partial charge in [-0.05, 0) is 17.2 Å². The number of halogens is 2. The number of nitrogens with two attached hydrogens (primary N) is 1. The highest BCUT2D eigenvalue weighted by molar-refractivity contribution is 7.14. The first-order chi connectivity index (χ1) is 12.1. The zero-order valence-electron chi connectivity index (χ0n) is 12.9. The molecule has 0 spiro atoms. The molecule has 0 unspecified atom stereocenters. The molecule has 0 saturated heterocycles. The molecule has 3 rings (SSSR count). The van der Waals surface area contributed by atoms with Crippen molar-refractivity contribution >= 4 is 28.5 Å². The molecular formula is C17H14F2N4OS. The number of hydrazone groups is 1. The van der Waals surface area contributed by atoms with E-state index in [1.54, 1.807) is 11.6 Å². The van der Waals surface area contributed by atoms with E-state index in [0.29, 0.717) is 10.9 Å². The standard InChI is InChI=1S/C17H14F2N4OS/c18-13-5-14(19)7-15(6-13)24-9-12-3-1-2-11(4-12)8-21-23-17-22-16(20)10-25-17/h1-8,10H,9,20H2,(H,22,23). The van der Waals surface area contributed by atoms with Gasteiger partial charge in [-0.3, -0.25) is 5.43 Å². The van der Waals surface area contributed by atoms with Gasteiger partial charge in [-0.2, -0.15) is 5.10 Å². The van der Waals surface area contributed by atoms with Crippen molar-refractivity contribution in [3.8, 4) is 5.75 Å². The zero-order chi connectivity index (χ0) is 17.6. The van der Waals surface area contributed by atoms with E-state index >= 15 is 0 Å². The van der Waals surface area contributed by atoms with Gasteiger partial charge in [0, 0.05) is 23.6 Å². The molecule has 5 nitrogen and oxygen atoms in total. The predicted molar refractivity (Wildman–Crippen MR) is 94.9 cm³/mol. The van der Waals surface area contributed by atoms with Crippen molar-refractivity contribution in [1.82, 2.24) is 4.98 Å². The van der Waals surface area contributed by atoms with Crippen molar-refractivity contribution in [2.75, 3.05) is 11.2 Å². The van der Waals surface area contributed by atoms with Gasteiger partial charge in [0.15, 0.2) is 0 Å². The molecule has 128 valence electrons. The first kappa shape index (κ1) is 16.8. The molecule has 1 heterocycles. The Kier molecular flexibility index (Phi) is 5.20. The normalized spacial score (nSPS) is 11.0. The zero-order valence-corrected chi connectivity index (χ0v) is 13.8. The molecule has 2 aromatic carbocycles. The number of thiazole rings is 1. The van der Waals surface area contributed by atoms with Crippen molar-refractivity contribution in [3.05, 3.63) is 70.6 Å². The van der Waals surface area contributed by atoms with Crippen LogP contribution < -0.4 is 15.9 Å². The highest BCUT2D eigenvalue weighted by Gasteiger charge is 2.02. The fourth-order valence-corrected chi connectivity index (χ4v) is 2.59. The predicted octanol–water partition coefficient (Wildman–Crippen LogP) is 4.03. The van der Waals surface area contributed by atoms with Crippen molar-refractivity contribution in [1.29, 1.82) is 0 Å². The third-order valence-electron chi connectivity index (χ3n) is 3.09. The monoisotopic (exact) mass is 360 g/mol. The summed E-state index contributed by atoms with van der Waals surface area (Å²) in [7, 11) is 0. The van der Waals surface area contributed by atoms with Gasteiger partial charge in [-0.1, -0.05) is 18.2 Å². The number of ether oxygens (including phenoxy) is 1. The van der Waals surface area contributed by atoms with Crippen LogP contribution in [0.3, 0.4) is 0 Å². The summed E-state index contributed by atoms with van der Waals surface area (Å²) in [5, 5.41) is 6.40. The molecule has 0 aliphatic rings. The molecule has 0 saturated carbocycles. The topological polar surface area (TPSA) is 72.5 Å². The molecule has 3 aromatic rings. The Morgan fingerprint density at radius 1 is 1.20 bits per heavy atom. The van der Waals surface area contributed by atoms with Crippen LogP contribution in [0.4, 0.5) is 19.7 Å². The van der Waals surface area contributed by atoms with Crippen LogP contribution >= 0.6 is 11.3 Å². The third-order valence-corrected chi connectivity index (χ3v) is 3.85. The molecule has 0 bridgehead atoms. The molecule has 25 heavy (non-hydrogen) atoms. The van der Waals surface area contributed by atoms with Crippen molar-refractivity contribution < 1.29 is 13.5 Å². The second kappa shape index (κ2) is 7.71. The lowest BCUT2D eigenvalue weighted by molar-refractivity contribution is 0.302. The van der Waals surface area contributed by atoms with Gasteiger partial charge in [0.25, 0.3) is 0 Å². The minimum absolute atomic E-state index is 0.139. The first-order valence-electron chi connectivity index (χ1n) is 7.26. The summed E-state index contributed by atoms with van der Waals surface area (Å²) in [5.41, 5.74) is 9.99. The number of rotatable bonds is 6. The Bertz CT molecular complexity index is 878. The van der Waals surface area contributed by atoms with Crippen molar-refractivity contribution in [3.63, 3.8) is 0 Å². The van der Waals surface area contributed by atoms with Gasteiger partial charge in [0.2, 0.25) is 5.13 Å². The summed E-state index contributed by atoms with van der Waals surface area (Å²) in [4.78, 5) is 4.03. The van der Waals surface area contributed by atoms with Crippen LogP contribution in [0.1, 0.15) is 11.1 Å². The van der Waals surface area contributed by atoms with Gasteiger partial charge in [-0.15, -0.1) is 11.3 Å². The summed E-state index contributed by atoms with van der Waals surface area (Å²) >= 11 is 1.35. The maximum atomic E-state index is 13.1. The molecule has 0 aliphatic carbocycles. The number of nitrogens with zero attached hydrogens (tertiary/aromatic N) is 2. The van der Waals surface area contributed by atoms with Crippen LogP contribution in [0.5, 0.6) is 5.75 Å². The average Bonchev–Trinajstić information content (AvgIpc) is 2.98. The van der Waals surface area contributed by atoms with E-state index in [1.807, 2.05) is 24.3 Å². The maximum Gasteiger partial charge on any atom is 0.205 e. The quantitative estimate of drug-likeness (QED) is 0.514. The SMILES string of the molecule is Nc1csc(NN=Cc2cccc(COc3cc(F)cc(F)c3)c2)n1. The summed E-state index contributed by atoms with van der Waals surface area (Å²) in [5.74, 6) is -0.773. The number of hydrogen-bond donors (Lipinski definition) is 2. The Balaban J connectivity index is 1.60. The van der Waals surface area contributed by atoms with Crippen LogP contribution in [0, 0.1) is 11.6 Å². The molecule has 0 fully saturated rings. The number of anilines is 2. The Morgan fingerprint density at radius 3 is 2.72 bits per heavy atom. The van der Waals surface area contributed by atoms with Crippen LogP contribution in [0.2, 0.25) is 0 Å². The molecule has 0 atom stereocenters. The van der Waals surface area contributed by atoms with Crippen LogP contribution in [0.15, 0.2) is 52.9 Å². The number of hydrogen-bond acceptors (Lipinski definition) is 6. The molecule has 3 N–H and O–H groups in total. The maximum absolute atomic E-state index is 13.1. The molecule has 0 aliphatic heterocycles. The van der Waals surface area contributed by atoms with Crippen LogP contribution in [-0.4, -0.2) is 11.2 Å². The van der Waals surface area contributed by atoms with Gasteiger partial charge < -0.3 is 10.5 Å². The summed E-state index contributed by atoms with van der Waals surface area (Å²) < 4.78 is 31.7. The van der Waals surface area contributed by atoms with Gasteiger partial charge in [0.05, 0.1) is 6.21 Å². The molecular weight excluding hydrogens is 346 g/mol. The number of nitrogens with one attached hydrogen (secondary N) is 1. The summed E-state index contributed by atoms with van der Waals surface area (Å²) in [6.07, 6.45) is 1.63. The van der Waals surface area contributed by atoms with Crippen molar-refractivity contribution in [2.45, 2.75) is 6.61 Å². The van der Waals surface area contributed by atoms with Crippen molar-refractivity contribution in [2.24, 2.45) is 5.10 Å². The lowest BCUT2D eigenvalue weighted by Gasteiger charge is -2.07. The Hall–Kier alpha value is -3.00. The highest BCUT2D eigenvalue weighted by atomic mass is 32.1. The summed E-state index contributed by atoms with van der Waals surface area (Å²) in [6, 6.07) is 10.5. The lowest BCUT2D eigenvalue weighted by atomic mass is 10.1. The molecule has 0 radical (unpaired) electrons. The van der Waals surface area contributed by atoms with E-state index in [2.05, 4.69) is 15.5 Å². The average molecular weight is 360 g/mol. The fraction of sp³-hybridized carbons (Fsp3) is 0.0588. The Morgan fingerprint density at radius 2 is 2.00 bits per heavy atom. The highest BCUT2D eigenvalue weighted by Crippen LogP contribution is 2.18. The molecule has 8 heteroatoms. The second-order valence-corrected chi connectivity index (χ2v) is 5.94. The minimum atomic E-state index is -0.676. The number of benzene rings is 2. The first-order valence-corrected chi connectivity index (χ1v) is 8.14. The van der Waals surface area contributed by atoms with Gasteiger partial charge in [0.1, 0.15) is 29.8 Å². The Labute approximate surface area is 146 Å². The summed E-state index contributed by atoms with van der Waals surface area (Å²) in [6.45, 7) is 0.182. The van der Waals surface area contributed by atoms with E-state index in [1.165, 1.54) is 11.3 Å². The lowest BCUT2D eigenvalue weighted by Crippen LogP contribution is -1.98. The number of nitrogen functional groups attached to an aromatic ring is 1. The van der Waals surface area contributed by atoms with Gasteiger partial charge in [-0.25, -0.2) is 13.8 Å². The van der Waals surface area contributed by atoms with Crippen LogP contribution in [0.25, 0.3) is 0 Å². The van der Waals surface area contributed by atoms with Gasteiger partial charge >= 0.3 is 0 Å². The van der Waals surface area contributed by atoms with E-state index in [0.717, 1.165) is 29.3 Å². The molecule has 1 aromatic heterocycles. The van der Waals surface area contributed by atoms with Crippen LogP contribution in [-0.2, 0) is 6.61 Å². The minimum Gasteiger partial charge on any atom is -0.489 e.